The van der Waals surface area contributed by atoms with Crippen LogP contribution in [0.4, 0.5) is 17.2 Å². The first kappa shape index (κ1) is 16.7. The molecule has 4 aromatic rings. The van der Waals surface area contributed by atoms with Crippen molar-refractivity contribution in [1.82, 2.24) is 9.97 Å². The molecule has 6 heteroatoms. The first-order valence-corrected chi connectivity index (χ1v) is 8.45. The lowest BCUT2D eigenvalue weighted by Gasteiger charge is -2.11. The molecular weight excluding hydrogens is 340 g/mol. The first-order chi connectivity index (χ1) is 13.1. The van der Waals surface area contributed by atoms with Gasteiger partial charge in [0.1, 0.15) is 5.82 Å². The van der Waals surface area contributed by atoms with Crippen LogP contribution >= 0.6 is 0 Å². The number of aryl methyl sites for hydroxylation is 1. The van der Waals surface area contributed by atoms with E-state index in [1.165, 1.54) is 17.7 Å². The number of rotatable bonds is 4. The van der Waals surface area contributed by atoms with E-state index in [2.05, 4.69) is 10.3 Å². The quantitative estimate of drug-likeness (QED) is 0.398. The van der Waals surface area contributed by atoms with Crippen LogP contribution in [0.1, 0.15) is 5.56 Å². The van der Waals surface area contributed by atoms with Crippen molar-refractivity contribution in [3.8, 4) is 11.4 Å². The van der Waals surface area contributed by atoms with Gasteiger partial charge in [-0.25, -0.2) is 9.97 Å². The van der Waals surface area contributed by atoms with Crippen molar-refractivity contribution in [2.75, 3.05) is 5.32 Å². The summed E-state index contributed by atoms with van der Waals surface area (Å²) in [6.07, 6.45) is 0. The molecule has 4 rings (SSSR count). The maximum Gasteiger partial charge on any atom is 0.269 e. The minimum absolute atomic E-state index is 0.0495. The molecule has 0 spiro atoms. The Balaban J connectivity index is 1.78. The lowest BCUT2D eigenvalue weighted by molar-refractivity contribution is -0.384. The first-order valence-electron chi connectivity index (χ1n) is 8.45. The van der Waals surface area contributed by atoms with Crippen molar-refractivity contribution < 1.29 is 4.92 Å². The highest BCUT2D eigenvalue weighted by Gasteiger charge is 2.10. The zero-order valence-corrected chi connectivity index (χ0v) is 14.6. The Hall–Kier alpha value is -3.80. The van der Waals surface area contributed by atoms with E-state index in [9.17, 15) is 10.1 Å². The van der Waals surface area contributed by atoms with Gasteiger partial charge in [-0.05, 0) is 31.2 Å². The van der Waals surface area contributed by atoms with Crippen LogP contribution in [0.25, 0.3) is 22.3 Å². The third-order valence-corrected chi connectivity index (χ3v) is 4.25. The number of non-ortho nitro benzene ring substituents is 1. The number of fused-ring (bicyclic) bond motifs is 1. The molecule has 0 amide bonds. The van der Waals surface area contributed by atoms with Crippen molar-refractivity contribution in [2.45, 2.75) is 6.92 Å². The molecule has 0 aliphatic rings. The molecule has 0 fully saturated rings. The fraction of sp³-hybridized carbons (Fsp3) is 0.0476. The van der Waals surface area contributed by atoms with Crippen LogP contribution in [0.15, 0.2) is 72.8 Å². The molecule has 1 heterocycles. The van der Waals surface area contributed by atoms with Gasteiger partial charge in [0.05, 0.1) is 10.4 Å². The molecule has 0 atom stereocenters. The number of nitro groups is 1. The van der Waals surface area contributed by atoms with Crippen LogP contribution in [-0.2, 0) is 0 Å². The number of nitrogens with one attached hydrogen (secondary N) is 1. The summed E-state index contributed by atoms with van der Waals surface area (Å²) in [5.41, 5.74) is 3.70. The number of aromatic nitrogens is 2. The maximum atomic E-state index is 10.8. The van der Waals surface area contributed by atoms with Crippen molar-refractivity contribution >= 4 is 28.1 Å². The number of nitrogens with zero attached hydrogens (tertiary/aromatic N) is 3. The molecule has 0 saturated carbocycles. The summed E-state index contributed by atoms with van der Waals surface area (Å²) < 4.78 is 0. The minimum atomic E-state index is -0.417. The summed E-state index contributed by atoms with van der Waals surface area (Å²) in [5.74, 6) is 1.28. The molecule has 0 saturated heterocycles. The highest BCUT2D eigenvalue weighted by atomic mass is 16.6. The number of hydrogen-bond acceptors (Lipinski definition) is 5. The second-order valence-corrected chi connectivity index (χ2v) is 6.21. The van der Waals surface area contributed by atoms with Gasteiger partial charge in [0.25, 0.3) is 5.69 Å². The predicted octanol–water partition coefficient (Wildman–Crippen LogP) is 5.26. The third-order valence-electron chi connectivity index (χ3n) is 4.25. The standard InChI is InChI=1S/C21H16N4O2/c1-14-6-8-15(9-7-14)20-23-19-5-3-2-4-18(19)21(24-20)22-16-10-12-17(13-11-16)25(26)27/h2-13H,1H3,(H,22,23,24). The summed E-state index contributed by atoms with van der Waals surface area (Å²) in [7, 11) is 0. The van der Waals surface area contributed by atoms with E-state index in [0.29, 0.717) is 11.6 Å². The summed E-state index contributed by atoms with van der Waals surface area (Å²) in [6, 6.07) is 22.1. The van der Waals surface area contributed by atoms with E-state index in [0.717, 1.165) is 22.2 Å². The molecule has 1 N–H and O–H groups in total. The average molecular weight is 356 g/mol. The van der Waals surface area contributed by atoms with E-state index < -0.39 is 4.92 Å². The van der Waals surface area contributed by atoms with Gasteiger partial charge >= 0.3 is 0 Å². The predicted molar refractivity (Wildman–Crippen MR) is 106 cm³/mol. The SMILES string of the molecule is Cc1ccc(-c2nc(Nc3ccc([N+](=O)[O-])cc3)c3ccccc3n2)cc1. The molecule has 27 heavy (non-hydrogen) atoms. The van der Waals surface area contributed by atoms with Crippen LogP contribution < -0.4 is 5.32 Å². The van der Waals surface area contributed by atoms with E-state index in [1.54, 1.807) is 12.1 Å². The Kier molecular flexibility index (Phi) is 4.22. The van der Waals surface area contributed by atoms with Gasteiger partial charge in [-0.15, -0.1) is 0 Å². The van der Waals surface area contributed by atoms with Gasteiger partial charge in [-0.3, -0.25) is 10.1 Å². The summed E-state index contributed by atoms with van der Waals surface area (Å²) in [4.78, 5) is 19.8. The van der Waals surface area contributed by atoms with Crippen molar-refractivity contribution in [3.05, 3.63) is 88.5 Å². The number of para-hydroxylation sites is 1. The molecule has 0 aliphatic carbocycles. The van der Waals surface area contributed by atoms with Crippen LogP contribution in [0.3, 0.4) is 0 Å². The zero-order valence-electron chi connectivity index (χ0n) is 14.6. The van der Waals surface area contributed by atoms with Crippen molar-refractivity contribution in [2.24, 2.45) is 0 Å². The third kappa shape index (κ3) is 3.46. The lowest BCUT2D eigenvalue weighted by atomic mass is 10.1. The van der Waals surface area contributed by atoms with Crippen LogP contribution in [0, 0.1) is 17.0 Å². The molecule has 0 aliphatic heterocycles. The number of nitro benzene ring substituents is 1. The smallest absolute Gasteiger partial charge is 0.269 e. The number of hydrogen-bond donors (Lipinski definition) is 1. The van der Waals surface area contributed by atoms with Crippen LogP contribution in [0.5, 0.6) is 0 Å². The molecule has 3 aromatic carbocycles. The Bertz CT molecular complexity index is 1120. The lowest BCUT2D eigenvalue weighted by Crippen LogP contribution is -1.99. The van der Waals surface area contributed by atoms with E-state index in [-0.39, 0.29) is 5.69 Å². The molecule has 0 radical (unpaired) electrons. The zero-order chi connectivity index (χ0) is 18.8. The second-order valence-electron chi connectivity index (χ2n) is 6.21. The molecule has 6 nitrogen and oxygen atoms in total. The molecular formula is C21H16N4O2. The summed E-state index contributed by atoms with van der Waals surface area (Å²) in [6.45, 7) is 2.03. The van der Waals surface area contributed by atoms with Crippen molar-refractivity contribution in [1.29, 1.82) is 0 Å². The monoisotopic (exact) mass is 356 g/mol. The molecule has 132 valence electrons. The van der Waals surface area contributed by atoms with Gasteiger partial charge in [0, 0.05) is 28.8 Å². The van der Waals surface area contributed by atoms with E-state index in [4.69, 9.17) is 4.98 Å². The second kappa shape index (κ2) is 6.84. The molecule has 0 bridgehead atoms. The normalized spacial score (nSPS) is 10.7. The molecule has 1 aromatic heterocycles. The number of benzene rings is 3. The van der Waals surface area contributed by atoms with Gasteiger partial charge in [-0.2, -0.15) is 0 Å². The van der Waals surface area contributed by atoms with E-state index >= 15 is 0 Å². The summed E-state index contributed by atoms with van der Waals surface area (Å²) >= 11 is 0. The van der Waals surface area contributed by atoms with Gasteiger partial charge in [0.2, 0.25) is 0 Å². The Morgan fingerprint density at radius 3 is 2.30 bits per heavy atom. The maximum absolute atomic E-state index is 10.8. The Morgan fingerprint density at radius 2 is 1.59 bits per heavy atom. The minimum Gasteiger partial charge on any atom is -0.340 e. The van der Waals surface area contributed by atoms with E-state index in [1.807, 2.05) is 55.5 Å². The summed E-state index contributed by atoms with van der Waals surface area (Å²) in [5, 5.41) is 15.0. The highest BCUT2D eigenvalue weighted by Crippen LogP contribution is 2.28. The van der Waals surface area contributed by atoms with Gasteiger partial charge < -0.3 is 5.32 Å². The molecule has 0 unspecified atom stereocenters. The fourth-order valence-corrected chi connectivity index (χ4v) is 2.81. The van der Waals surface area contributed by atoms with Gasteiger partial charge in [0.15, 0.2) is 5.82 Å². The van der Waals surface area contributed by atoms with Gasteiger partial charge in [-0.1, -0.05) is 42.0 Å². The number of anilines is 2. The average Bonchev–Trinajstić information content (AvgIpc) is 2.69. The highest BCUT2D eigenvalue weighted by molar-refractivity contribution is 5.92. The Labute approximate surface area is 155 Å². The van der Waals surface area contributed by atoms with Crippen LogP contribution in [0.2, 0.25) is 0 Å². The van der Waals surface area contributed by atoms with Crippen molar-refractivity contribution in [3.63, 3.8) is 0 Å². The largest absolute Gasteiger partial charge is 0.340 e. The topological polar surface area (TPSA) is 81.0 Å². The van der Waals surface area contributed by atoms with Crippen LogP contribution in [-0.4, -0.2) is 14.9 Å². The fourth-order valence-electron chi connectivity index (χ4n) is 2.81. The Morgan fingerprint density at radius 1 is 0.889 bits per heavy atom.